The van der Waals surface area contributed by atoms with Gasteiger partial charge in [-0.25, -0.2) is 4.79 Å². The first kappa shape index (κ1) is 16.4. The normalized spacial score (nSPS) is 21.2. The molecule has 1 atom stereocenters. The number of fused-ring (bicyclic) bond motifs is 1. The van der Waals surface area contributed by atoms with Crippen LogP contribution >= 0.6 is 0 Å². The van der Waals surface area contributed by atoms with Crippen LogP contribution in [0.1, 0.15) is 40.9 Å². The van der Waals surface area contributed by atoms with Gasteiger partial charge in [0, 0.05) is 32.2 Å². The molecule has 1 saturated heterocycles. The van der Waals surface area contributed by atoms with E-state index in [9.17, 15) is 4.79 Å². The molecule has 0 bridgehead atoms. The van der Waals surface area contributed by atoms with Crippen LogP contribution in [0.25, 0.3) is 0 Å². The summed E-state index contributed by atoms with van der Waals surface area (Å²) in [5, 5.41) is 3.66. The smallest absolute Gasteiger partial charge is 0.338 e. The summed E-state index contributed by atoms with van der Waals surface area (Å²) >= 11 is 0. The third kappa shape index (κ3) is 4.10. The van der Waals surface area contributed by atoms with Crippen molar-refractivity contribution in [2.45, 2.75) is 25.8 Å². The van der Waals surface area contributed by atoms with Gasteiger partial charge in [0.25, 0.3) is 0 Å². The van der Waals surface area contributed by atoms with Gasteiger partial charge in [-0.3, -0.25) is 4.90 Å². The summed E-state index contributed by atoms with van der Waals surface area (Å²) in [7, 11) is 0. The maximum atomic E-state index is 11.8. The SMILES string of the molecule is CCOC(=O)c1ccc2c(c1)CC[C@@H]2NCCN1CCOCC1. The van der Waals surface area contributed by atoms with Crippen LogP contribution in [0.4, 0.5) is 0 Å². The minimum atomic E-state index is -0.223. The molecule has 0 radical (unpaired) electrons. The lowest BCUT2D eigenvalue weighted by Gasteiger charge is -2.27. The lowest BCUT2D eigenvalue weighted by molar-refractivity contribution is 0.0381. The lowest BCUT2D eigenvalue weighted by Crippen LogP contribution is -2.40. The Morgan fingerprint density at radius 2 is 2.22 bits per heavy atom. The van der Waals surface area contributed by atoms with E-state index in [0.717, 1.165) is 52.2 Å². The van der Waals surface area contributed by atoms with Crippen LogP contribution in [0.5, 0.6) is 0 Å². The number of carbonyl (C=O) groups excluding carboxylic acids is 1. The van der Waals surface area contributed by atoms with E-state index in [1.54, 1.807) is 0 Å². The number of rotatable bonds is 6. The van der Waals surface area contributed by atoms with Crippen molar-refractivity contribution in [3.63, 3.8) is 0 Å². The fourth-order valence-corrected chi connectivity index (χ4v) is 3.39. The highest BCUT2D eigenvalue weighted by Crippen LogP contribution is 2.31. The number of morpholine rings is 1. The number of benzene rings is 1. The van der Waals surface area contributed by atoms with Gasteiger partial charge in [0.1, 0.15) is 0 Å². The Morgan fingerprint density at radius 3 is 3.00 bits per heavy atom. The third-order valence-electron chi connectivity index (χ3n) is 4.65. The van der Waals surface area contributed by atoms with E-state index in [1.807, 2.05) is 19.1 Å². The Bertz CT molecular complexity index is 541. The molecule has 0 unspecified atom stereocenters. The van der Waals surface area contributed by atoms with E-state index >= 15 is 0 Å². The van der Waals surface area contributed by atoms with Gasteiger partial charge in [0.2, 0.25) is 0 Å². The molecule has 1 aliphatic carbocycles. The van der Waals surface area contributed by atoms with E-state index in [2.05, 4.69) is 16.3 Å². The van der Waals surface area contributed by atoms with Gasteiger partial charge in [0.15, 0.2) is 0 Å². The van der Waals surface area contributed by atoms with E-state index in [0.29, 0.717) is 18.2 Å². The highest BCUT2D eigenvalue weighted by atomic mass is 16.5. The van der Waals surface area contributed by atoms with Crippen LogP contribution in [0, 0.1) is 0 Å². The number of carbonyl (C=O) groups is 1. The summed E-state index contributed by atoms with van der Waals surface area (Å²) < 4.78 is 10.5. The summed E-state index contributed by atoms with van der Waals surface area (Å²) in [6.07, 6.45) is 2.13. The van der Waals surface area contributed by atoms with Gasteiger partial charge in [-0.05, 0) is 43.0 Å². The Hall–Kier alpha value is -1.43. The van der Waals surface area contributed by atoms with Gasteiger partial charge >= 0.3 is 5.97 Å². The molecule has 1 aromatic carbocycles. The van der Waals surface area contributed by atoms with Crippen LogP contribution in [-0.2, 0) is 15.9 Å². The predicted molar refractivity (Wildman–Crippen MR) is 88.7 cm³/mol. The zero-order chi connectivity index (χ0) is 16.1. The first-order valence-electron chi connectivity index (χ1n) is 8.61. The van der Waals surface area contributed by atoms with Crippen molar-refractivity contribution >= 4 is 5.97 Å². The second kappa shape index (κ2) is 7.90. The van der Waals surface area contributed by atoms with E-state index < -0.39 is 0 Å². The molecule has 0 spiro atoms. The maximum absolute atomic E-state index is 11.8. The molecule has 3 rings (SSSR count). The largest absolute Gasteiger partial charge is 0.462 e. The average molecular weight is 318 g/mol. The van der Waals surface area contributed by atoms with E-state index in [1.165, 1.54) is 11.1 Å². The number of ether oxygens (including phenoxy) is 2. The second-order valence-electron chi connectivity index (χ2n) is 6.13. The molecule has 126 valence electrons. The zero-order valence-electron chi connectivity index (χ0n) is 13.8. The topological polar surface area (TPSA) is 50.8 Å². The first-order chi connectivity index (χ1) is 11.3. The monoisotopic (exact) mass is 318 g/mol. The molecular formula is C18H26N2O3. The summed E-state index contributed by atoms with van der Waals surface area (Å²) in [5.41, 5.74) is 3.28. The fourth-order valence-electron chi connectivity index (χ4n) is 3.39. The highest BCUT2D eigenvalue weighted by molar-refractivity contribution is 5.89. The molecule has 5 heteroatoms. The Labute approximate surface area is 137 Å². The number of nitrogens with one attached hydrogen (secondary N) is 1. The van der Waals surface area contributed by atoms with Gasteiger partial charge < -0.3 is 14.8 Å². The molecule has 23 heavy (non-hydrogen) atoms. The number of nitrogens with zero attached hydrogens (tertiary/aromatic N) is 1. The van der Waals surface area contributed by atoms with Crippen molar-refractivity contribution in [3.05, 3.63) is 34.9 Å². The van der Waals surface area contributed by atoms with Crippen LogP contribution in [0.2, 0.25) is 0 Å². The van der Waals surface area contributed by atoms with Gasteiger partial charge in [-0.2, -0.15) is 0 Å². The van der Waals surface area contributed by atoms with Crippen LogP contribution in [0.3, 0.4) is 0 Å². The van der Waals surface area contributed by atoms with Crippen molar-refractivity contribution in [1.29, 1.82) is 0 Å². The van der Waals surface area contributed by atoms with Gasteiger partial charge in [0.05, 0.1) is 25.4 Å². The lowest BCUT2D eigenvalue weighted by atomic mass is 10.0. The van der Waals surface area contributed by atoms with E-state index in [-0.39, 0.29) is 5.97 Å². The molecule has 1 fully saturated rings. The standard InChI is InChI=1S/C18H26N2O3/c1-2-23-18(21)15-3-5-16-14(13-15)4-6-17(16)19-7-8-20-9-11-22-12-10-20/h3,5,13,17,19H,2,4,6-12H2,1H3/t17-/m0/s1. The molecule has 1 aliphatic heterocycles. The Balaban J connectivity index is 1.53. The first-order valence-corrected chi connectivity index (χ1v) is 8.61. The summed E-state index contributed by atoms with van der Waals surface area (Å²) in [5.74, 6) is -0.223. The van der Waals surface area contributed by atoms with Crippen LogP contribution in [-0.4, -0.2) is 56.9 Å². The fraction of sp³-hybridized carbons (Fsp3) is 0.611. The van der Waals surface area contributed by atoms with Crippen molar-refractivity contribution in [3.8, 4) is 0 Å². The van der Waals surface area contributed by atoms with E-state index in [4.69, 9.17) is 9.47 Å². The molecule has 5 nitrogen and oxygen atoms in total. The number of hydrogen-bond donors (Lipinski definition) is 1. The summed E-state index contributed by atoms with van der Waals surface area (Å²) in [6.45, 7) is 8.07. The molecule has 1 heterocycles. The minimum Gasteiger partial charge on any atom is -0.462 e. The number of esters is 1. The van der Waals surface area contributed by atoms with Gasteiger partial charge in [-0.15, -0.1) is 0 Å². The van der Waals surface area contributed by atoms with Crippen molar-refractivity contribution in [2.75, 3.05) is 46.0 Å². The van der Waals surface area contributed by atoms with Crippen molar-refractivity contribution < 1.29 is 14.3 Å². The summed E-state index contributed by atoms with van der Waals surface area (Å²) in [6, 6.07) is 6.37. The van der Waals surface area contributed by atoms with Crippen molar-refractivity contribution in [1.82, 2.24) is 10.2 Å². The predicted octanol–water partition coefficient (Wildman–Crippen LogP) is 1.77. The zero-order valence-corrected chi connectivity index (χ0v) is 13.8. The molecular weight excluding hydrogens is 292 g/mol. The quantitative estimate of drug-likeness (QED) is 0.810. The molecule has 1 aromatic rings. The van der Waals surface area contributed by atoms with Gasteiger partial charge in [-0.1, -0.05) is 6.07 Å². The number of aryl methyl sites for hydroxylation is 1. The number of hydrogen-bond acceptors (Lipinski definition) is 5. The van der Waals surface area contributed by atoms with Crippen LogP contribution < -0.4 is 5.32 Å². The van der Waals surface area contributed by atoms with Crippen molar-refractivity contribution in [2.24, 2.45) is 0 Å². The Kier molecular flexibility index (Phi) is 5.65. The molecule has 0 aromatic heterocycles. The second-order valence-corrected chi connectivity index (χ2v) is 6.13. The Morgan fingerprint density at radius 1 is 1.39 bits per heavy atom. The average Bonchev–Trinajstić information content (AvgIpc) is 2.98. The molecule has 1 N–H and O–H groups in total. The molecule has 0 saturated carbocycles. The highest BCUT2D eigenvalue weighted by Gasteiger charge is 2.23. The maximum Gasteiger partial charge on any atom is 0.338 e. The minimum absolute atomic E-state index is 0.223. The third-order valence-corrected chi connectivity index (χ3v) is 4.65. The molecule has 2 aliphatic rings. The summed E-state index contributed by atoms with van der Waals surface area (Å²) in [4.78, 5) is 14.3. The molecule has 0 amide bonds. The van der Waals surface area contributed by atoms with Crippen LogP contribution in [0.15, 0.2) is 18.2 Å².